The lowest BCUT2D eigenvalue weighted by Gasteiger charge is -2.25. The molecule has 3 rings (SSSR count). The van der Waals surface area contributed by atoms with Gasteiger partial charge in [-0.05, 0) is 31.4 Å². The molecule has 2 aromatic heterocycles. The van der Waals surface area contributed by atoms with Crippen LogP contribution in [0.5, 0.6) is 0 Å². The summed E-state index contributed by atoms with van der Waals surface area (Å²) in [6.45, 7) is 3.34. The Morgan fingerprint density at radius 1 is 1.25 bits per heavy atom. The van der Waals surface area contributed by atoms with Gasteiger partial charge < -0.3 is 15.2 Å². The maximum absolute atomic E-state index is 11.7. The minimum atomic E-state index is -0.102. The maximum Gasteiger partial charge on any atom is 0.314 e. The first-order valence-electron chi connectivity index (χ1n) is 9.13. The molecule has 0 atom stereocenters. The first-order chi connectivity index (χ1) is 11.8. The van der Waals surface area contributed by atoms with E-state index in [9.17, 15) is 4.79 Å². The van der Waals surface area contributed by atoms with Crippen LogP contribution in [0.25, 0.3) is 11.2 Å². The number of hydrogen-bond acceptors (Lipinski definition) is 3. The third kappa shape index (κ3) is 3.86. The first kappa shape index (κ1) is 16.7. The number of hydrogen-bond donors (Lipinski definition) is 2. The summed E-state index contributed by atoms with van der Waals surface area (Å²) in [4.78, 5) is 21.0. The van der Waals surface area contributed by atoms with Crippen molar-refractivity contribution < 1.29 is 4.79 Å². The van der Waals surface area contributed by atoms with Gasteiger partial charge in [0.1, 0.15) is 11.3 Å². The number of fused-ring (bicyclic) bond motifs is 1. The topological polar surface area (TPSA) is 71.8 Å². The Bertz CT molecular complexity index is 675. The minimum Gasteiger partial charge on any atom is -0.338 e. The van der Waals surface area contributed by atoms with Crippen molar-refractivity contribution in [1.82, 2.24) is 25.2 Å². The molecule has 2 amide bonds. The van der Waals surface area contributed by atoms with Crippen molar-refractivity contribution in [3.8, 4) is 0 Å². The predicted octanol–water partition coefficient (Wildman–Crippen LogP) is 3.19. The van der Waals surface area contributed by atoms with E-state index in [0.29, 0.717) is 19.1 Å². The Morgan fingerprint density at radius 3 is 2.83 bits per heavy atom. The van der Waals surface area contributed by atoms with Crippen molar-refractivity contribution in [2.45, 2.75) is 57.9 Å². The second kappa shape index (κ2) is 8.13. The van der Waals surface area contributed by atoms with Gasteiger partial charge in [0.2, 0.25) is 0 Å². The molecule has 0 aliphatic heterocycles. The summed E-state index contributed by atoms with van der Waals surface area (Å²) in [6.07, 6.45) is 9.76. The SMILES string of the molecule is CCCNC(=O)NCCc1nc2cccnc2n1C1CCCCC1. The van der Waals surface area contributed by atoms with Crippen LogP contribution in [0, 0.1) is 0 Å². The number of imidazole rings is 1. The molecule has 1 saturated carbocycles. The monoisotopic (exact) mass is 329 g/mol. The molecule has 0 saturated heterocycles. The zero-order chi connectivity index (χ0) is 16.8. The highest BCUT2D eigenvalue weighted by molar-refractivity contribution is 5.74. The number of rotatable bonds is 6. The van der Waals surface area contributed by atoms with Crippen LogP contribution >= 0.6 is 0 Å². The fourth-order valence-electron chi connectivity index (χ4n) is 3.46. The third-order valence-electron chi connectivity index (χ3n) is 4.63. The molecule has 24 heavy (non-hydrogen) atoms. The van der Waals surface area contributed by atoms with Gasteiger partial charge in [0, 0.05) is 31.7 Å². The molecule has 0 unspecified atom stereocenters. The summed E-state index contributed by atoms with van der Waals surface area (Å²) in [5, 5.41) is 5.75. The molecule has 1 aliphatic carbocycles. The molecule has 1 fully saturated rings. The van der Waals surface area contributed by atoms with E-state index in [1.165, 1.54) is 32.1 Å². The Labute approximate surface area is 143 Å². The molecule has 2 aromatic rings. The number of amides is 2. The molecule has 6 nitrogen and oxygen atoms in total. The van der Waals surface area contributed by atoms with E-state index in [2.05, 4.69) is 20.2 Å². The second-order valence-corrected chi connectivity index (χ2v) is 6.47. The fourth-order valence-corrected chi connectivity index (χ4v) is 3.46. The van der Waals surface area contributed by atoms with Gasteiger partial charge in [-0.15, -0.1) is 0 Å². The highest BCUT2D eigenvalue weighted by Crippen LogP contribution is 2.31. The fraction of sp³-hybridized carbons (Fsp3) is 0.611. The van der Waals surface area contributed by atoms with Gasteiger partial charge in [-0.1, -0.05) is 26.2 Å². The molecule has 0 aromatic carbocycles. The van der Waals surface area contributed by atoms with Crippen molar-refractivity contribution in [2.24, 2.45) is 0 Å². The van der Waals surface area contributed by atoms with E-state index in [-0.39, 0.29) is 6.03 Å². The zero-order valence-electron chi connectivity index (χ0n) is 14.4. The summed E-state index contributed by atoms with van der Waals surface area (Å²) < 4.78 is 2.32. The number of aromatic nitrogens is 3. The molecular formula is C18H27N5O. The highest BCUT2D eigenvalue weighted by Gasteiger charge is 2.21. The average molecular weight is 329 g/mol. The van der Waals surface area contributed by atoms with Crippen molar-refractivity contribution in [3.05, 3.63) is 24.2 Å². The van der Waals surface area contributed by atoms with Crippen LogP contribution in [0.15, 0.2) is 18.3 Å². The minimum absolute atomic E-state index is 0.102. The lowest BCUT2D eigenvalue weighted by Crippen LogP contribution is -2.37. The summed E-state index contributed by atoms with van der Waals surface area (Å²) in [5.41, 5.74) is 1.93. The van der Waals surface area contributed by atoms with Gasteiger partial charge in [-0.25, -0.2) is 14.8 Å². The van der Waals surface area contributed by atoms with Crippen molar-refractivity contribution in [2.75, 3.05) is 13.1 Å². The summed E-state index contributed by atoms with van der Waals surface area (Å²) >= 11 is 0. The van der Waals surface area contributed by atoms with Crippen LogP contribution < -0.4 is 10.6 Å². The van der Waals surface area contributed by atoms with E-state index < -0.39 is 0 Å². The molecule has 2 heterocycles. The number of carbonyl (C=O) groups excluding carboxylic acids is 1. The molecule has 130 valence electrons. The van der Waals surface area contributed by atoms with E-state index >= 15 is 0 Å². The lowest BCUT2D eigenvalue weighted by molar-refractivity contribution is 0.241. The molecule has 2 N–H and O–H groups in total. The van der Waals surface area contributed by atoms with Crippen LogP contribution in [-0.2, 0) is 6.42 Å². The average Bonchev–Trinajstić information content (AvgIpc) is 2.99. The quantitative estimate of drug-likeness (QED) is 0.855. The zero-order valence-corrected chi connectivity index (χ0v) is 14.4. The highest BCUT2D eigenvalue weighted by atomic mass is 16.2. The molecule has 0 bridgehead atoms. The molecule has 6 heteroatoms. The standard InChI is InChI=1S/C18H27N5O/c1-2-11-20-18(24)21-13-10-16-22-15-9-6-12-19-17(15)23(16)14-7-4-3-5-8-14/h6,9,12,14H,2-5,7-8,10-11,13H2,1H3,(H2,20,21,24). The van der Waals surface area contributed by atoms with Gasteiger partial charge in [0.15, 0.2) is 5.65 Å². The van der Waals surface area contributed by atoms with Crippen LogP contribution in [0.3, 0.4) is 0 Å². The van der Waals surface area contributed by atoms with Crippen molar-refractivity contribution in [1.29, 1.82) is 0 Å². The lowest BCUT2D eigenvalue weighted by atomic mass is 9.95. The largest absolute Gasteiger partial charge is 0.338 e. The van der Waals surface area contributed by atoms with Gasteiger partial charge in [-0.3, -0.25) is 0 Å². The number of pyridine rings is 1. The molecule has 0 radical (unpaired) electrons. The Kier molecular flexibility index (Phi) is 5.67. The van der Waals surface area contributed by atoms with Gasteiger partial charge in [0.05, 0.1) is 0 Å². The van der Waals surface area contributed by atoms with Gasteiger partial charge in [-0.2, -0.15) is 0 Å². The second-order valence-electron chi connectivity index (χ2n) is 6.47. The van der Waals surface area contributed by atoms with E-state index in [1.807, 2.05) is 25.3 Å². The van der Waals surface area contributed by atoms with Crippen molar-refractivity contribution in [3.63, 3.8) is 0 Å². The predicted molar refractivity (Wildman–Crippen MR) is 95.0 cm³/mol. The number of nitrogens with one attached hydrogen (secondary N) is 2. The van der Waals surface area contributed by atoms with E-state index in [0.717, 1.165) is 29.8 Å². The number of nitrogens with zero attached hydrogens (tertiary/aromatic N) is 3. The summed E-state index contributed by atoms with van der Waals surface area (Å²) in [5.74, 6) is 1.03. The Morgan fingerprint density at radius 2 is 2.04 bits per heavy atom. The van der Waals surface area contributed by atoms with Crippen LogP contribution in [0.1, 0.15) is 57.3 Å². The van der Waals surface area contributed by atoms with Gasteiger partial charge >= 0.3 is 6.03 Å². The normalized spacial score (nSPS) is 15.5. The summed E-state index contributed by atoms with van der Waals surface area (Å²) in [6, 6.07) is 4.34. The molecular weight excluding hydrogens is 302 g/mol. The number of urea groups is 1. The molecule has 1 aliphatic rings. The Hall–Kier alpha value is -2.11. The van der Waals surface area contributed by atoms with Crippen LogP contribution in [-0.4, -0.2) is 33.7 Å². The van der Waals surface area contributed by atoms with Crippen LogP contribution in [0.4, 0.5) is 4.79 Å². The smallest absolute Gasteiger partial charge is 0.314 e. The van der Waals surface area contributed by atoms with E-state index in [1.54, 1.807) is 0 Å². The van der Waals surface area contributed by atoms with Crippen LogP contribution in [0.2, 0.25) is 0 Å². The van der Waals surface area contributed by atoms with Crippen molar-refractivity contribution >= 4 is 17.2 Å². The Balaban J connectivity index is 1.73. The maximum atomic E-state index is 11.7. The molecule has 0 spiro atoms. The first-order valence-corrected chi connectivity index (χ1v) is 9.13. The summed E-state index contributed by atoms with van der Waals surface area (Å²) in [7, 11) is 0. The van der Waals surface area contributed by atoms with Gasteiger partial charge in [0.25, 0.3) is 0 Å². The van der Waals surface area contributed by atoms with E-state index in [4.69, 9.17) is 4.98 Å². The number of carbonyl (C=O) groups is 1. The third-order valence-corrected chi connectivity index (χ3v) is 4.63.